The van der Waals surface area contributed by atoms with Crippen LogP contribution in [0.15, 0.2) is 29.3 Å². The van der Waals surface area contributed by atoms with Crippen LogP contribution in [0.2, 0.25) is 0 Å². The predicted octanol–water partition coefficient (Wildman–Crippen LogP) is 3.71. The number of rotatable bonds is 6. The summed E-state index contributed by atoms with van der Waals surface area (Å²) in [5, 5.41) is 0. The van der Waals surface area contributed by atoms with Gasteiger partial charge in [-0.1, -0.05) is 27.0 Å². The molecule has 0 aromatic carbocycles. The van der Waals surface area contributed by atoms with Gasteiger partial charge in [-0.3, -0.25) is 0 Å². The van der Waals surface area contributed by atoms with Crippen molar-refractivity contribution in [2.75, 3.05) is 0 Å². The summed E-state index contributed by atoms with van der Waals surface area (Å²) in [6.07, 6.45) is 6.99. The van der Waals surface area contributed by atoms with Gasteiger partial charge in [0.15, 0.2) is 11.7 Å². The lowest BCUT2D eigenvalue weighted by Gasteiger charge is -2.05. The normalized spacial score (nSPS) is 11.8. The minimum atomic E-state index is 0.348. The molecule has 0 fully saturated rings. The molecule has 0 radical (unpaired) electrons. The zero-order valence-corrected chi connectivity index (χ0v) is 10.6. The maximum Gasteiger partial charge on any atom is 0.198 e. The lowest BCUT2D eigenvalue weighted by molar-refractivity contribution is 0.426. The van der Waals surface area contributed by atoms with Crippen LogP contribution >= 0.6 is 0 Å². The number of allylic oxidation sites excluding steroid dienone is 1. The van der Waals surface area contributed by atoms with Crippen molar-refractivity contribution in [1.29, 1.82) is 0 Å². The molecule has 0 aliphatic heterocycles. The maximum absolute atomic E-state index is 5.74. The summed E-state index contributed by atoms with van der Waals surface area (Å²) in [5.41, 5.74) is 6.99. The van der Waals surface area contributed by atoms with Crippen molar-refractivity contribution >= 4 is 12.2 Å². The molecular formula is C14H20N2O. The molecule has 0 saturated carbocycles. The highest BCUT2D eigenvalue weighted by Crippen LogP contribution is 2.26. The van der Waals surface area contributed by atoms with Crippen molar-refractivity contribution in [1.82, 2.24) is 4.98 Å². The Morgan fingerprint density at radius 1 is 1.41 bits per heavy atom. The molecule has 0 saturated heterocycles. The third-order valence-corrected chi connectivity index (χ3v) is 2.76. The van der Waals surface area contributed by atoms with Crippen LogP contribution in [-0.2, 0) is 0 Å². The molecule has 17 heavy (non-hydrogen) atoms. The van der Waals surface area contributed by atoms with Crippen molar-refractivity contribution in [3.63, 3.8) is 0 Å². The van der Waals surface area contributed by atoms with Crippen molar-refractivity contribution < 1.29 is 4.42 Å². The molecule has 0 atom stereocenters. The van der Waals surface area contributed by atoms with Gasteiger partial charge in [-0.2, -0.15) is 0 Å². The molecule has 0 unspecified atom stereocenters. The van der Waals surface area contributed by atoms with Crippen LogP contribution in [0.4, 0.5) is 0 Å². The van der Waals surface area contributed by atoms with Crippen LogP contribution < -0.4 is 5.73 Å². The van der Waals surface area contributed by atoms with E-state index in [0.717, 1.165) is 24.4 Å². The molecule has 1 aromatic heterocycles. The van der Waals surface area contributed by atoms with Gasteiger partial charge >= 0.3 is 0 Å². The van der Waals surface area contributed by atoms with Crippen LogP contribution in [0.1, 0.15) is 50.0 Å². The SMILES string of the molecule is C=C/C(N)=C\c1oc(C(CC)CC)nc1C=C. The largest absolute Gasteiger partial charge is 0.440 e. The van der Waals surface area contributed by atoms with Gasteiger partial charge < -0.3 is 10.2 Å². The van der Waals surface area contributed by atoms with E-state index in [1.165, 1.54) is 0 Å². The molecule has 3 nitrogen and oxygen atoms in total. The Morgan fingerprint density at radius 2 is 2.06 bits per heavy atom. The fourth-order valence-electron chi connectivity index (χ4n) is 1.63. The van der Waals surface area contributed by atoms with E-state index in [0.29, 0.717) is 17.4 Å². The number of hydrogen-bond acceptors (Lipinski definition) is 3. The first kappa shape index (κ1) is 13.3. The molecule has 1 rings (SSSR count). The van der Waals surface area contributed by atoms with Gasteiger partial charge in [-0.15, -0.1) is 0 Å². The van der Waals surface area contributed by atoms with Crippen LogP contribution in [0, 0.1) is 0 Å². The minimum absolute atomic E-state index is 0.348. The lowest BCUT2D eigenvalue weighted by Crippen LogP contribution is -1.95. The van der Waals surface area contributed by atoms with Crippen molar-refractivity contribution in [2.45, 2.75) is 32.6 Å². The Kier molecular flexibility index (Phi) is 4.76. The third kappa shape index (κ3) is 3.09. The highest BCUT2D eigenvalue weighted by atomic mass is 16.4. The summed E-state index contributed by atoms with van der Waals surface area (Å²) in [4.78, 5) is 4.44. The van der Waals surface area contributed by atoms with E-state index in [9.17, 15) is 0 Å². The third-order valence-electron chi connectivity index (χ3n) is 2.76. The molecule has 92 valence electrons. The number of aromatic nitrogens is 1. The van der Waals surface area contributed by atoms with Crippen LogP contribution in [0.3, 0.4) is 0 Å². The van der Waals surface area contributed by atoms with Crippen molar-refractivity contribution in [2.24, 2.45) is 5.73 Å². The first-order valence-corrected chi connectivity index (χ1v) is 5.88. The lowest BCUT2D eigenvalue weighted by atomic mass is 10.0. The summed E-state index contributed by atoms with van der Waals surface area (Å²) in [6, 6.07) is 0. The average Bonchev–Trinajstić information content (AvgIpc) is 2.73. The molecule has 0 spiro atoms. The van der Waals surface area contributed by atoms with E-state index in [1.54, 1.807) is 18.2 Å². The highest BCUT2D eigenvalue weighted by molar-refractivity contribution is 5.60. The highest BCUT2D eigenvalue weighted by Gasteiger charge is 2.16. The van der Waals surface area contributed by atoms with Gasteiger partial charge in [0.05, 0.1) is 0 Å². The second-order valence-corrected chi connectivity index (χ2v) is 3.87. The van der Waals surface area contributed by atoms with E-state index in [4.69, 9.17) is 10.2 Å². The Balaban J connectivity index is 3.14. The van der Waals surface area contributed by atoms with Gasteiger partial charge in [-0.25, -0.2) is 4.98 Å². The maximum atomic E-state index is 5.74. The first-order chi connectivity index (χ1) is 8.15. The Bertz CT molecular complexity index is 425. The van der Waals surface area contributed by atoms with Gasteiger partial charge in [0.25, 0.3) is 0 Å². The predicted molar refractivity (Wildman–Crippen MR) is 72.3 cm³/mol. The van der Waals surface area contributed by atoms with E-state index < -0.39 is 0 Å². The van der Waals surface area contributed by atoms with E-state index in [2.05, 4.69) is 32.0 Å². The molecular weight excluding hydrogens is 212 g/mol. The number of hydrogen-bond donors (Lipinski definition) is 1. The quantitative estimate of drug-likeness (QED) is 0.761. The fraction of sp³-hybridized carbons (Fsp3) is 0.357. The van der Waals surface area contributed by atoms with Crippen LogP contribution in [0.5, 0.6) is 0 Å². The summed E-state index contributed by atoms with van der Waals surface area (Å²) in [6.45, 7) is 11.6. The standard InChI is InChI=1S/C14H20N2O/c1-5-10(6-2)14-16-12(8-4)13(17-14)9-11(15)7-3/h7-10H,3-6,15H2,1-2H3/b11-9+. The molecule has 1 aromatic rings. The second kappa shape index (κ2) is 6.09. The Morgan fingerprint density at radius 3 is 2.53 bits per heavy atom. The molecule has 3 heteroatoms. The smallest absolute Gasteiger partial charge is 0.198 e. The minimum Gasteiger partial charge on any atom is -0.440 e. The second-order valence-electron chi connectivity index (χ2n) is 3.87. The summed E-state index contributed by atoms with van der Waals surface area (Å²) in [5.74, 6) is 1.76. The van der Waals surface area contributed by atoms with Crippen molar-refractivity contribution in [3.05, 3.63) is 42.3 Å². The first-order valence-electron chi connectivity index (χ1n) is 5.88. The van der Waals surface area contributed by atoms with Gasteiger partial charge in [0, 0.05) is 17.7 Å². The van der Waals surface area contributed by atoms with Gasteiger partial charge in [0.1, 0.15) is 5.69 Å². The fourth-order valence-corrected chi connectivity index (χ4v) is 1.63. The van der Waals surface area contributed by atoms with Gasteiger partial charge in [-0.05, 0) is 25.0 Å². The van der Waals surface area contributed by atoms with Crippen molar-refractivity contribution in [3.8, 4) is 0 Å². The van der Waals surface area contributed by atoms with E-state index >= 15 is 0 Å². The topological polar surface area (TPSA) is 52.0 Å². The summed E-state index contributed by atoms with van der Waals surface area (Å²) < 4.78 is 5.74. The zero-order valence-electron chi connectivity index (χ0n) is 10.6. The average molecular weight is 232 g/mol. The Labute approximate surface area is 103 Å². The van der Waals surface area contributed by atoms with Crippen LogP contribution in [0.25, 0.3) is 12.2 Å². The number of oxazole rings is 1. The number of nitrogens with two attached hydrogens (primary N) is 1. The molecule has 1 heterocycles. The molecule has 0 aliphatic carbocycles. The van der Waals surface area contributed by atoms with Crippen LogP contribution in [-0.4, -0.2) is 4.98 Å². The molecule has 0 aliphatic rings. The van der Waals surface area contributed by atoms with E-state index in [-0.39, 0.29) is 0 Å². The molecule has 0 amide bonds. The molecule has 2 N–H and O–H groups in total. The molecule has 0 bridgehead atoms. The number of nitrogens with zero attached hydrogens (tertiary/aromatic N) is 1. The Hall–Kier alpha value is -1.77. The zero-order chi connectivity index (χ0) is 12.8. The summed E-state index contributed by atoms with van der Waals surface area (Å²) in [7, 11) is 0. The van der Waals surface area contributed by atoms with E-state index in [1.807, 2.05) is 0 Å². The monoisotopic (exact) mass is 232 g/mol. The summed E-state index contributed by atoms with van der Waals surface area (Å²) >= 11 is 0. The van der Waals surface area contributed by atoms with Gasteiger partial charge in [0.2, 0.25) is 0 Å².